The van der Waals surface area contributed by atoms with Crippen molar-refractivity contribution in [1.82, 2.24) is 20.8 Å². The molecule has 90 valence electrons. The quantitative estimate of drug-likeness (QED) is 0.669. The zero-order chi connectivity index (χ0) is 12.0. The Morgan fingerprint density at radius 3 is 2.81 bits per heavy atom. The van der Waals surface area contributed by atoms with Gasteiger partial charge in [-0.1, -0.05) is 5.16 Å². The lowest BCUT2D eigenvalue weighted by Crippen LogP contribution is -2.38. The molecule has 0 aliphatic rings. The van der Waals surface area contributed by atoms with Crippen molar-refractivity contribution < 1.29 is 9.32 Å². The summed E-state index contributed by atoms with van der Waals surface area (Å²) in [7, 11) is 0. The van der Waals surface area contributed by atoms with Crippen LogP contribution in [-0.2, 0) is 11.2 Å². The van der Waals surface area contributed by atoms with Gasteiger partial charge in [-0.25, -0.2) is 0 Å². The van der Waals surface area contributed by atoms with Gasteiger partial charge in [-0.05, 0) is 20.8 Å². The Balaban J connectivity index is 2.10. The molecule has 0 atom stereocenters. The van der Waals surface area contributed by atoms with Crippen molar-refractivity contribution in [2.45, 2.75) is 33.2 Å². The van der Waals surface area contributed by atoms with Gasteiger partial charge in [0, 0.05) is 19.0 Å². The molecule has 0 saturated heterocycles. The second-order valence-electron chi connectivity index (χ2n) is 3.88. The maximum Gasteiger partial charge on any atom is 0.234 e. The molecule has 1 amide bonds. The Morgan fingerprint density at radius 1 is 1.50 bits per heavy atom. The molecule has 0 saturated carbocycles. The molecule has 0 radical (unpaired) electrons. The van der Waals surface area contributed by atoms with Crippen molar-refractivity contribution in [3.05, 3.63) is 11.7 Å². The van der Waals surface area contributed by atoms with Gasteiger partial charge in [-0.2, -0.15) is 4.98 Å². The molecule has 0 unspecified atom stereocenters. The monoisotopic (exact) mass is 226 g/mol. The van der Waals surface area contributed by atoms with Crippen LogP contribution in [0.5, 0.6) is 0 Å². The number of rotatable bonds is 6. The molecule has 0 aromatic carbocycles. The number of hydrogen-bond acceptors (Lipinski definition) is 5. The lowest BCUT2D eigenvalue weighted by atomic mass is 10.4. The maximum absolute atomic E-state index is 11.2. The second kappa shape index (κ2) is 6.22. The van der Waals surface area contributed by atoms with E-state index in [9.17, 15) is 4.79 Å². The second-order valence-corrected chi connectivity index (χ2v) is 3.88. The van der Waals surface area contributed by atoms with E-state index in [0.29, 0.717) is 31.2 Å². The molecule has 0 aliphatic heterocycles. The van der Waals surface area contributed by atoms with E-state index < -0.39 is 0 Å². The van der Waals surface area contributed by atoms with Crippen molar-refractivity contribution in [3.63, 3.8) is 0 Å². The Hall–Kier alpha value is -1.43. The van der Waals surface area contributed by atoms with E-state index in [2.05, 4.69) is 20.8 Å². The van der Waals surface area contributed by atoms with E-state index >= 15 is 0 Å². The average Bonchev–Trinajstić information content (AvgIpc) is 2.58. The fourth-order valence-corrected chi connectivity index (χ4v) is 1.21. The number of aromatic nitrogens is 2. The number of carbonyl (C=O) groups is 1. The molecule has 1 rings (SSSR count). The minimum atomic E-state index is -0.00305. The summed E-state index contributed by atoms with van der Waals surface area (Å²) in [5, 5.41) is 9.48. The predicted octanol–water partition coefficient (Wildman–Crippen LogP) is 0.0347. The minimum absolute atomic E-state index is 0.00305. The van der Waals surface area contributed by atoms with Gasteiger partial charge in [0.05, 0.1) is 6.54 Å². The number of nitrogens with one attached hydrogen (secondary N) is 2. The summed E-state index contributed by atoms with van der Waals surface area (Å²) in [5.74, 6) is 1.22. The number of carbonyl (C=O) groups excluding carboxylic acids is 1. The van der Waals surface area contributed by atoms with E-state index in [-0.39, 0.29) is 11.9 Å². The highest BCUT2D eigenvalue weighted by atomic mass is 16.5. The summed E-state index contributed by atoms with van der Waals surface area (Å²) >= 11 is 0. The van der Waals surface area contributed by atoms with Crippen LogP contribution in [0, 0.1) is 6.92 Å². The number of aryl methyl sites for hydroxylation is 1. The summed E-state index contributed by atoms with van der Waals surface area (Å²) in [6, 6.07) is 0.174. The standard InChI is InChI=1S/C10H18N4O2/c1-7(2)12-9(15)6-11-5-4-10-13-8(3)14-16-10/h7,11H,4-6H2,1-3H3,(H,12,15). The van der Waals surface area contributed by atoms with Crippen molar-refractivity contribution >= 4 is 5.91 Å². The molecule has 0 bridgehead atoms. The largest absolute Gasteiger partial charge is 0.353 e. The van der Waals surface area contributed by atoms with Gasteiger partial charge in [0.1, 0.15) is 0 Å². The van der Waals surface area contributed by atoms with Crippen LogP contribution in [0.25, 0.3) is 0 Å². The Morgan fingerprint density at radius 2 is 2.25 bits per heavy atom. The number of amides is 1. The van der Waals surface area contributed by atoms with Gasteiger partial charge in [0.2, 0.25) is 11.8 Å². The molecular weight excluding hydrogens is 208 g/mol. The zero-order valence-corrected chi connectivity index (χ0v) is 9.91. The SMILES string of the molecule is Cc1noc(CCNCC(=O)NC(C)C)n1. The summed E-state index contributed by atoms with van der Waals surface area (Å²) in [6.45, 7) is 6.59. The molecule has 1 aromatic heterocycles. The van der Waals surface area contributed by atoms with Crippen LogP contribution >= 0.6 is 0 Å². The average molecular weight is 226 g/mol. The van der Waals surface area contributed by atoms with E-state index in [4.69, 9.17) is 4.52 Å². The zero-order valence-electron chi connectivity index (χ0n) is 9.91. The topological polar surface area (TPSA) is 80.0 Å². The molecule has 1 aromatic rings. The molecule has 0 spiro atoms. The summed E-state index contributed by atoms with van der Waals surface area (Å²) in [4.78, 5) is 15.3. The van der Waals surface area contributed by atoms with E-state index in [0.717, 1.165) is 0 Å². The van der Waals surface area contributed by atoms with Gasteiger partial charge in [-0.15, -0.1) is 0 Å². The van der Waals surface area contributed by atoms with Crippen LogP contribution in [0.1, 0.15) is 25.6 Å². The van der Waals surface area contributed by atoms with E-state index in [1.165, 1.54) is 0 Å². The third-order valence-corrected chi connectivity index (χ3v) is 1.82. The van der Waals surface area contributed by atoms with Crippen molar-refractivity contribution in [2.24, 2.45) is 0 Å². The van der Waals surface area contributed by atoms with Crippen LogP contribution in [0.15, 0.2) is 4.52 Å². The first-order valence-electron chi connectivity index (χ1n) is 5.37. The summed E-state index contributed by atoms with van der Waals surface area (Å²) in [6.07, 6.45) is 0.635. The highest BCUT2D eigenvalue weighted by Crippen LogP contribution is 1.95. The van der Waals surface area contributed by atoms with Crippen molar-refractivity contribution in [3.8, 4) is 0 Å². The Kier molecular flexibility index (Phi) is 4.91. The predicted molar refractivity (Wildman–Crippen MR) is 58.9 cm³/mol. The number of hydrogen-bond donors (Lipinski definition) is 2. The van der Waals surface area contributed by atoms with Gasteiger partial charge < -0.3 is 15.2 Å². The molecule has 1 heterocycles. The first-order valence-corrected chi connectivity index (χ1v) is 5.37. The van der Waals surface area contributed by atoms with E-state index in [1.807, 2.05) is 13.8 Å². The minimum Gasteiger partial charge on any atom is -0.353 e. The summed E-state index contributed by atoms with van der Waals surface area (Å²) in [5.41, 5.74) is 0. The maximum atomic E-state index is 11.2. The smallest absolute Gasteiger partial charge is 0.234 e. The lowest BCUT2D eigenvalue weighted by molar-refractivity contribution is -0.120. The van der Waals surface area contributed by atoms with Gasteiger partial charge in [-0.3, -0.25) is 4.79 Å². The van der Waals surface area contributed by atoms with Gasteiger partial charge in [0.25, 0.3) is 0 Å². The molecule has 16 heavy (non-hydrogen) atoms. The molecule has 2 N–H and O–H groups in total. The Labute approximate surface area is 94.8 Å². The first kappa shape index (κ1) is 12.6. The van der Waals surface area contributed by atoms with Crippen molar-refractivity contribution in [1.29, 1.82) is 0 Å². The van der Waals surface area contributed by atoms with Crippen LogP contribution in [-0.4, -0.2) is 35.2 Å². The van der Waals surface area contributed by atoms with Crippen LogP contribution < -0.4 is 10.6 Å². The normalized spacial score (nSPS) is 10.8. The van der Waals surface area contributed by atoms with Gasteiger partial charge in [0.15, 0.2) is 5.82 Å². The fraction of sp³-hybridized carbons (Fsp3) is 0.700. The number of nitrogens with zero attached hydrogens (tertiary/aromatic N) is 2. The highest BCUT2D eigenvalue weighted by molar-refractivity contribution is 5.78. The molecular formula is C10H18N4O2. The van der Waals surface area contributed by atoms with Crippen LogP contribution in [0.2, 0.25) is 0 Å². The first-order chi connectivity index (χ1) is 7.58. The fourth-order valence-electron chi connectivity index (χ4n) is 1.21. The summed E-state index contributed by atoms with van der Waals surface area (Å²) < 4.78 is 4.93. The van der Waals surface area contributed by atoms with Gasteiger partial charge >= 0.3 is 0 Å². The third kappa shape index (κ3) is 4.88. The molecule has 6 heteroatoms. The molecule has 0 fully saturated rings. The molecule has 0 aliphatic carbocycles. The van der Waals surface area contributed by atoms with Crippen LogP contribution in [0.4, 0.5) is 0 Å². The Bertz CT molecular complexity index is 335. The molecule has 6 nitrogen and oxygen atoms in total. The highest BCUT2D eigenvalue weighted by Gasteiger charge is 2.04. The lowest BCUT2D eigenvalue weighted by Gasteiger charge is -2.08. The third-order valence-electron chi connectivity index (χ3n) is 1.82. The van der Waals surface area contributed by atoms with Crippen molar-refractivity contribution in [2.75, 3.05) is 13.1 Å². The van der Waals surface area contributed by atoms with E-state index in [1.54, 1.807) is 6.92 Å². The van der Waals surface area contributed by atoms with Crippen LogP contribution in [0.3, 0.4) is 0 Å².